The van der Waals surface area contributed by atoms with Gasteiger partial charge in [-0.1, -0.05) is 6.07 Å². The Kier molecular flexibility index (Phi) is 5.56. The molecule has 1 saturated heterocycles. The van der Waals surface area contributed by atoms with Gasteiger partial charge in [-0.3, -0.25) is 4.79 Å². The summed E-state index contributed by atoms with van der Waals surface area (Å²) in [6.45, 7) is 0.458. The zero-order chi connectivity index (χ0) is 19.7. The third-order valence-electron chi connectivity index (χ3n) is 4.62. The molecule has 0 bridgehead atoms. The minimum absolute atomic E-state index is 0.105. The number of aliphatic hydroxyl groups excluding tert-OH is 1. The first kappa shape index (κ1) is 19.4. The smallest absolute Gasteiger partial charge is 0.522 e. The Bertz CT molecular complexity index is 737. The largest absolute Gasteiger partial charge is 0.535 e. The van der Waals surface area contributed by atoms with Crippen molar-refractivity contribution in [2.75, 3.05) is 13.1 Å². The van der Waals surface area contributed by atoms with E-state index in [2.05, 4.69) is 0 Å². The monoisotopic (exact) mass is 380 g/mol. The molecule has 0 aromatic heterocycles. The van der Waals surface area contributed by atoms with E-state index in [0.29, 0.717) is 18.3 Å². The zero-order valence-electron chi connectivity index (χ0n) is 14.4. The molecule has 6 N–H and O–H groups in total. The molecule has 1 atom stereocenters. The predicted octanol–water partition coefficient (Wildman–Crippen LogP) is -1.58. The van der Waals surface area contributed by atoms with Gasteiger partial charge in [0.2, 0.25) is 5.91 Å². The third-order valence-corrected chi connectivity index (χ3v) is 4.62. The molecule has 10 nitrogen and oxygen atoms in total. The number of carboxylic acids is 1. The third kappa shape index (κ3) is 4.16. The van der Waals surface area contributed by atoms with Crippen molar-refractivity contribution < 1.29 is 39.3 Å². The summed E-state index contributed by atoms with van der Waals surface area (Å²) in [5.74, 6) is -1.36. The summed E-state index contributed by atoms with van der Waals surface area (Å²) in [5, 5.41) is 37.1. The van der Waals surface area contributed by atoms with Gasteiger partial charge in [-0.25, -0.2) is 4.79 Å². The molecule has 0 spiro atoms. The van der Waals surface area contributed by atoms with E-state index in [4.69, 9.17) is 25.3 Å². The normalized spacial score (nSPS) is 17.8. The number of amides is 1. The Hall–Kier alpha value is -2.34. The summed E-state index contributed by atoms with van der Waals surface area (Å²) in [6.07, 6.45) is -1.51. The van der Waals surface area contributed by atoms with Crippen molar-refractivity contribution in [2.24, 2.45) is 5.73 Å². The summed E-state index contributed by atoms with van der Waals surface area (Å²) in [4.78, 5) is 25.1. The zero-order valence-corrected chi connectivity index (χ0v) is 14.4. The second kappa shape index (κ2) is 7.73. The molecular formula is C16H21BN2O8. The maximum atomic E-state index is 12.0. The van der Waals surface area contributed by atoms with Crippen LogP contribution in [0, 0.1) is 0 Å². The first-order chi connectivity index (χ1) is 12.8. The van der Waals surface area contributed by atoms with Gasteiger partial charge in [0.05, 0.1) is 19.1 Å². The molecule has 1 aromatic carbocycles. The highest BCUT2D eigenvalue weighted by Gasteiger charge is 2.36. The van der Waals surface area contributed by atoms with E-state index in [0.717, 1.165) is 0 Å². The van der Waals surface area contributed by atoms with Crippen molar-refractivity contribution in [1.29, 1.82) is 0 Å². The van der Waals surface area contributed by atoms with Gasteiger partial charge >= 0.3 is 13.1 Å². The Morgan fingerprint density at radius 3 is 2.70 bits per heavy atom. The van der Waals surface area contributed by atoms with Gasteiger partial charge in [0, 0.05) is 6.42 Å². The van der Waals surface area contributed by atoms with Crippen molar-refractivity contribution in [3.63, 3.8) is 0 Å². The van der Waals surface area contributed by atoms with Gasteiger partial charge in [-0.2, -0.15) is 0 Å². The van der Waals surface area contributed by atoms with Gasteiger partial charge in [-0.15, -0.1) is 0 Å². The van der Waals surface area contributed by atoms with E-state index >= 15 is 0 Å². The molecule has 2 heterocycles. The number of rotatable bonds is 6. The topological polar surface area (TPSA) is 163 Å². The number of carboxylic acid groups (broad SMARTS) is 1. The number of hydrogen-bond donors (Lipinski definition) is 5. The predicted molar refractivity (Wildman–Crippen MR) is 92.3 cm³/mol. The number of ether oxygens (including phenoxy) is 1. The number of aliphatic hydroxyl groups is 2. The van der Waals surface area contributed by atoms with Crippen LogP contribution >= 0.6 is 0 Å². The number of aryl methyl sites for hydroxylation is 1. The van der Waals surface area contributed by atoms with Crippen LogP contribution in [0.3, 0.4) is 0 Å². The molecule has 2 aliphatic rings. The quantitative estimate of drug-likeness (QED) is 0.289. The molecule has 3 rings (SSSR count). The molecule has 1 amide bonds. The Morgan fingerprint density at radius 2 is 2.07 bits per heavy atom. The summed E-state index contributed by atoms with van der Waals surface area (Å²) in [5.41, 5.74) is 5.98. The van der Waals surface area contributed by atoms with Crippen LogP contribution in [-0.4, -0.2) is 75.8 Å². The fourth-order valence-corrected chi connectivity index (χ4v) is 3.05. The van der Waals surface area contributed by atoms with Crippen molar-refractivity contribution in [2.45, 2.75) is 37.6 Å². The minimum Gasteiger partial charge on any atom is -0.535 e. The van der Waals surface area contributed by atoms with Crippen LogP contribution in [0.25, 0.3) is 0 Å². The average molecular weight is 380 g/mol. The van der Waals surface area contributed by atoms with Crippen LogP contribution in [0.2, 0.25) is 6.32 Å². The SMILES string of the molecule is N[C@H](CC(=O)N1CC(Oc2ccc3c(c2C(=O)O)OB(O)CC3)C1)C(O)O. The first-order valence-corrected chi connectivity index (χ1v) is 8.56. The molecule has 0 aliphatic carbocycles. The minimum atomic E-state index is -1.77. The number of aromatic carboxylic acids is 1. The van der Waals surface area contributed by atoms with E-state index < -0.39 is 31.5 Å². The number of hydrogen-bond acceptors (Lipinski definition) is 8. The first-order valence-electron chi connectivity index (χ1n) is 8.56. The molecule has 2 aliphatic heterocycles. The second-order valence-electron chi connectivity index (χ2n) is 6.66. The second-order valence-corrected chi connectivity index (χ2v) is 6.66. The number of carbonyl (C=O) groups is 2. The van der Waals surface area contributed by atoms with Crippen LogP contribution in [0.1, 0.15) is 22.3 Å². The maximum absolute atomic E-state index is 12.0. The van der Waals surface area contributed by atoms with E-state index in [1.165, 1.54) is 4.90 Å². The van der Waals surface area contributed by atoms with Gasteiger partial charge in [0.15, 0.2) is 6.29 Å². The molecular weight excluding hydrogens is 359 g/mol. The average Bonchev–Trinajstić information content (AvgIpc) is 2.56. The molecule has 0 saturated carbocycles. The van der Waals surface area contributed by atoms with Gasteiger partial charge in [0.1, 0.15) is 23.2 Å². The highest BCUT2D eigenvalue weighted by molar-refractivity contribution is 6.44. The molecule has 1 aromatic rings. The van der Waals surface area contributed by atoms with E-state index in [-0.39, 0.29) is 42.5 Å². The molecule has 0 unspecified atom stereocenters. The van der Waals surface area contributed by atoms with E-state index in [1.807, 2.05) is 0 Å². The number of carbonyl (C=O) groups excluding carboxylic acids is 1. The number of likely N-dealkylation sites (tertiary alicyclic amines) is 1. The summed E-state index contributed by atoms with van der Waals surface area (Å²) in [7, 11) is -1.06. The van der Waals surface area contributed by atoms with Crippen LogP contribution in [0.4, 0.5) is 0 Å². The number of nitrogens with two attached hydrogens (primary N) is 1. The van der Waals surface area contributed by atoms with E-state index in [9.17, 15) is 19.7 Å². The van der Waals surface area contributed by atoms with Crippen molar-refractivity contribution in [3.8, 4) is 11.5 Å². The van der Waals surface area contributed by atoms with Crippen molar-refractivity contribution in [3.05, 3.63) is 23.3 Å². The standard InChI is InChI=1S/C16H21BN2O8/c18-10(15(21)22)5-12(20)19-6-9(7-19)26-11-2-1-8-3-4-17(25)27-14(8)13(11)16(23)24/h1-2,9-10,15,21-22,25H,3-7,18H2,(H,23,24)/t10-/m1/s1. The lowest BCUT2D eigenvalue weighted by molar-refractivity contribution is -0.143. The Balaban J connectivity index is 1.65. The maximum Gasteiger partial charge on any atom is 0.522 e. The van der Waals surface area contributed by atoms with Gasteiger partial charge < -0.3 is 40.4 Å². The van der Waals surface area contributed by atoms with Crippen LogP contribution in [0.5, 0.6) is 11.5 Å². The number of nitrogens with zero attached hydrogens (tertiary/aromatic N) is 1. The number of benzene rings is 1. The van der Waals surface area contributed by atoms with Gasteiger partial charge in [0.25, 0.3) is 0 Å². The molecule has 0 radical (unpaired) electrons. The number of fused-ring (bicyclic) bond motifs is 1. The van der Waals surface area contributed by atoms with Crippen LogP contribution in [-0.2, 0) is 11.2 Å². The van der Waals surface area contributed by atoms with Crippen molar-refractivity contribution in [1.82, 2.24) is 4.90 Å². The highest BCUT2D eigenvalue weighted by Crippen LogP contribution is 2.37. The summed E-state index contributed by atoms with van der Waals surface area (Å²) >= 11 is 0. The fourth-order valence-electron chi connectivity index (χ4n) is 3.05. The summed E-state index contributed by atoms with van der Waals surface area (Å²) in [6, 6.07) is 2.18. The van der Waals surface area contributed by atoms with Crippen molar-refractivity contribution >= 4 is 19.0 Å². The highest BCUT2D eigenvalue weighted by atomic mass is 16.5. The molecule has 27 heavy (non-hydrogen) atoms. The lowest BCUT2D eigenvalue weighted by Gasteiger charge is -2.39. The molecule has 146 valence electrons. The fraction of sp³-hybridized carbons (Fsp3) is 0.500. The van der Waals surface area contributed by atoms with Crippen LogP contribution < -0.4 is 15.1 Å². The lowest BCUT2D eigenvalue weighted by Crippen LogP contribution is -2.57. The molecule has 1 fully saturated rings. The van der Waals surface area contributed by atoms with E-state index in [1.54, 1.807) is 12.1 Å². The van der Waals surface area contributed by atoms with Crippen LogP contribution in [0.15, 0.2) is 12.1 Å². The van der Waals surface area contributed by atoms with Gasteiger partial charge in [-0.05, 0) is 24.4 Å². The molecule has 11 heteroatoms. The summed E-state index contributed by atoms with van der Waals surface area (Å²) < 4.78 is 11.0. The Labute approximate surface area is 155 Å². The lowest BCUT2D eigenvalue weighted by atomic mass is 9.78. The Morgan fingerprint density at radius 1 is 1.37 bits per heavy atom.